The minimum absolute atomic E-state index is 0.129. The summed E-state index contributed by atoms with van der Waals surface area (Å²) in [5.41, 5.74) is 0.542. The van der Waals surface area contributed by atoms with Gasteiger partial charge in [-0.1, -0.05) is 26.0 Å². The molecule has 0 aromatic heterocycles. The second kappa shape index (κ2) is 9.69. The number of halogens is 1. The fourth-order valence-electron chi connectivity index (χ4n) is 3.21. The first-order chi connectivity index (χ1) is 15.9. The van der Waals surface area contributed by atoms with Gasteiger partial charge in [0.05, 0.1) is 11.1 Å². The van der Waals surface area contributed by atoms with Gasteiger partial charge in [0.2, 0.25) is 10.0 Å². The molecule has 1 atom stereocenters. The molecule has 34 heavy (non-hydrogen) atoms. The second-order valence-corrected chi connectivity index (χ2v) is 9.54. The maximum absolute atomic E-state index is 13.9. The second-order valence-electron chi connectivity index (χ2n) is 7.86. The smallest absolute Gasteiger partial charge is 0.324 e. The van der Waals surface area contributed by atoms with Crippen LogP contribution >= 0.6 is 0 Å². The van der Waals surface area contributed by atoms with Gasteiger partial charge in [-0.3, -0.25) is 24.1 Å². The van der Waals surface area contributed by atoms with Gasteiger partial charge in [-0.15, -0.1) is 0 Å². The van der Waals surface area contributed by atoms with Crippen LogP contribution in [-0.2, 0) is 24.3 Å². The molecule has 0 spiro atoms. The molecule has 0 fully saturated rings. The van der Waals surface area contributed by atoms with Crippen LogP contribution in [0.2, 0.25) is 0 Å². The summed E-state index contributed by atoms with van der Waals surface area (Å²) in [5, 5.41) is 2.44. The van der Waals surface area contributed by atoms with E-state index in [1.807, 2.05) is 0 Å². The van der Waals surface area contributed by atoms with Gasteiger partial charge in [-0.05, 0) is 36.2 Å². The third-order valence-electron chi connectivity index (χ3n) is 5.05. The van der Waals surface area contributed by atoms with Crippen LogP contribution in [-0.4, -0.2) is 56.7 Å². The molecule has 0 bridgehead atoms. The monoisotopic (exact) mass is 491 g/mol. The van der Waals surface area contributed by atoms with E-state index >= 15 is 0 Å². The predicted molar refractivity (Wildman–Crippen MR) is 118 cm³/mol. The molecular weight excluding hydrogens is 469 g/mol. The highest BCUT2D eigenvalue weighted by Gasteiger charge is 2.33. The number of rotatable bonds is 8. The lowest BCUT2D eigenvalue weighted by atomic mass is 10.1. The van der Waals surface area contributed by atoms with Crippen LogP contribution in [0.3, 0.4) is 0 Å². The number of imide groups is 1. The van der Waals surface area contributed by atoms with E-state index in [2.05, 4.69) is 10.0 Å². The predicted octanol–water partition coefficient (Wildman–Crippen LogP) is 1.54. The van der Waals surface area contributed by atoms with E-state index in [4.69, 9.17) is 4.74 Å². The fourth-order valence-corrected chi connectivity index (χ4v) is 4.62. The topological polar surface area (TPSA) is 139 Å². The van der Waals surface area contributed by atoms with Crippen molar-refractivity contribution in [3.63, 3.8) is 0 Å². The average molecular weight is 491 g/mol. The Morgan fingerprint density at radius 2 is 1.71 bits per heavy atom. The quantitative estimate of drug-likeness (QED) is 0.422. The summed E-state index contributed by atoms with van der Waals surface area (Å²) in [4.78, 5) is 49.1. The standard InChI is InChI=1S/C22H22FN3O7S/c1-12(2)19(25-34(31,32)17-7-5-4-6-16(17)23)22(30)33-11-18(27)24-13-8-9-14-15(10-13)21(29)26(3)20(14)28/h4-10,12,19,25H,11H2,1-3H3,(H,24,27)/t19-/m0/s1. The highest BCUT2D eigenvalue weighted by atomic mass is 32.2. The van der Waals surface area contributed by atoms with Gasteiger partial charge in [0, 0.05) is 12.7 Å². The molecule has 1 aliphatic rings. The summed E-state index contributed by atoms with van der Waals surface area (Å²) in [6.07, 6.45) is 0. The van der Waals surface area contributed by atoms with Crippen LogP contribution in [0.15, 0.2) is 47.4 Å². The number of sulfonamides is 1. The van der Waals surface area contributed by atoms with Crippen molar-refractivity contribution in [3.8, 4) is 0 Å². The van der Waals surface area contributed by atoms with Crippen molar-refractivity contribution >= 4 is 39.4 Å². The number of hydrogen-bond donors (Lipinski definition) is 2. The summed E-state index contributed by atoms with van der Waals surface area (Å²) in [6.45, 7) is 2.36. The molecule has 3 amide bonds. The molecule has 12 heteroatoms. The third-order valence-corrected chi connectivity index (χ3v) is 6.52. The zero-order valence-electron chi connectivity index (χ0n) is 18.5. The van der Waals surface area contributed by atoms with Crippen molar-refractivity contribution in [3.05, 3.63) is 59.4 Å². The zero-order valence-corrected chi connectivity index (χ0v) is 19.3. The van der Waals surface area contributed by atoms with Crippen LogP contribution in [0.5, 0.6) is 0 Å². The Balaban J connectivity index is 1.63. The van der Waals surface area contributed by atoms with Gasteiger partial charge < -0.3 is 10.1 Å². The lowest BCUT2D eigenvalue weighted by Gasteiger charge is -2.21. The number of ether oxygens (including phenoxy) is 1. The number of amides is 3. The first-order valence-corrected chi connectivity index (χ1v) is 11.6. The largest absolute Gasteiger partial charge is 0.454 e. The highest BCUT2D eigenvalue weighted by molar-refractivity contribution is 7.89. The minimum atomic E-state index is -4.38. The number of anilines is 1. The fraction of sp³-hybridized carbons (Fsp3) is 0.273. The maximum Gasteiger partial charge on any atom is 0.324 e. The summed E-state index contributed by atoms with van der Waals surface area (Å²) < 4.78 is 46.0. The van der Waals surface area contributed by atoms with Crippen molar-refractivity contribution < 1.29 is 36.7 Å². The molecule has 0 saturated heterocycles. The number of esters is 1. The van der Waals surface area contributed by atoms with Crippen LogP contribution < -0.4 is 10.0 Å². The zero-order chi connectivity index (χ0) is 25.2. The van der Waals surface area contributed by atoms with Crippen LogP contribution in [0.25, 0.3) is 0 Å². The molecule has 0 unspecified atom stereocenters. The van der Waals surface area contributed by atoms with E-state index in [1.54, 1.807) is 13.8 Å². The Labute approximate surface area is 195 Å². The van der Waals surface area contributed by atoms with Gasteiger partial charge in [-0.2, -0.15) is 4.72 Å². The van der Waals surface area contributed by atoms with Gasteiger partial charge in [-0.25, -0.2) is 12.8 Å². The van der Waals surface area contributed by atoms with E-state index in [9.17, 15) is 32.0 Å². The first-order valence-electron chi connectivity index (χ1n) is 10.1. The van der Waals surface area contributed by atoms with Crippen molar-refractivity contribution in [1.29, 1.82) is 0 Å². The van der Waals surface area contributed by atoms with Crippen LogP contribution in [0.4, 0.5) is 10.1 Å². The van der Waals surface area contributed by atoms with Gasteiger partial charge >= 0.3 is 5.97 Å². The van der Waals surface area contributed by atoms with Crippen molar-refractivity contribution in [2.45, 2.75) is 24.8 Å². The molecular formula is C22H22FN3O7S. The lowest BCUT2D eigenvalue weighted by molar-refractivity contribution is -0.150. The molecule has 10 nitrogen and oxygen atoms in total. The maximum atomic E-state index is 13.9. The molecule has 2 aromatic rings. The third kappa shape index (κ3) is 5.13. The van der Waals surface area contributed by atoms with Crippen LogP contribution in [0.1, 0.15) is 34.6 Å². The number of carbonyl (C=O) groups is 4. The SMILES string of the molecule is CC(C)[C@H](NS(=O)(=O)c1ccccc1F)C(=O)OCC(=O)Nc1ccc2c(c1)C(=O)N(C)C2=O. The van der Waals surface area contributed by atoms with Crippen molar-refractivity contribution in [2.24, 2.45) is 5.92 Å². The number of carbonyl (C=O) groups excluding carboxylic acids is 4. The molecule has 2 N–H and O–H groups in total. The number of benzene rings is 2. The van der Waals surface area contributed by atoms with Crippen molar-refractivity contribution in [1.82, 2.24) is 9.62 Å². The number of fused-ring (bicyclic) bond motifs is 1. The molecule has 180 valence electrons. The van der Waals surface area contributed by atoms with Gasteiger partial charge in [0.15, 0.2) is 6.61 Å². The Morgan fingerprint density at radius 3 is 2.35 bits per heavy atom. The summed E-state index contributed by atoms with van der Waals surface area (Å²) in [7, 11) is -3.04. The summed E-state index contributed by atoms with van der Waals surface area (Å²) in [5.74, 6) is -4.30. The van der Waals surface area contributed by atoms with E-state index in [0.29, 0.717) is 0 Å². The van der Waals surface area contributed by atoms with E-state index in [-0.39, 0.29) is 16.8 Å². The molecule has 0 radical (unpaired) electrons. The molecule has 1 heterocycles. The van der Waals surface area contributed by atoms with Gasteiger partial charge in [0.1, 0.15) is 16.8 Å². The Kier molecular flexibility index (Phi) is 7.12. The summed E-state index contributed by atoms with van der Waals surface area (Å²) in [6, 6.07) is 7.46. The molecule has 3 rings (SSSR count). The molecule has 2 aromatic carbocycles. The number of hydrogen-bond acceptors (Lipinski definition) is 7. The first kappa shape index (κ1) is 25.0. The number of nitrogens with one attached hydrogen (secondary N) is 2. The highest BCUT2D eigenvalue weighted by Crippen LogP contribution is 2.24. The van der Waals surface area contributed by atoms with E-state index in [0.717, 1.165) is 17.0 Å². The average Bonchev–Trinajstić information content (AvgIpc) is 2.99. The van der Waals surface area contributed by atoms with Crippen LogP contribution in [0, 0.1) is 11.7 Å². The Morgan fingerprint density at radius 1 is 1.06 bits per heavy atom. The minimum Gasteiger partial charge on any atom is -0.454 e. The lowest BCUT2D eigenvalue weighted by Crippen LogP contribution is -2.46. The normalized spacial score (nSPS) is 14.2. The molecule has 0 saturated carbocycles. The summed E-state index contributed by atoms with van der Waals surface area (Å²) >= 11 is 0. The Hall–Kier alpha value is -3.64. The molecule has 1 aliphatic heterocycles. The van der Waals surface area contributed by atoms with E-state index < -0.39 is 63.0 Å². The number of nitrogens with zero attached hydrogens (tertiary/aromatic N) is 1. The Bertz CT molecular complexity index is 1280. The van der Waals surface area contributed by atoms with E-state index in [1.165, 1.54) is 37.4 Å². The molecule has 0 aliphatic carbocycles. The van der Waals surface area contributed by atoms with Crippen molar-refractivity contribution in [2.75, 3.05) is 19.0 Å². The van der Waals surface area contributed by atoms with Gasteiger partial charge in [0.25, 0.3) is 17.7 Å².